The van der Waals surface area contributed by atoms with Crippen LogP contribution in [0, 0.1) is 0 Å². The first-order chi connectivity index (χ1) is 31.5. The Balaban J connectivity index is 4.24. The van der Waals surface area contributed by atoms with Gasteiger partial charge in [0, 0.05) is 45.8 Å². The van der Waals surface area contributed by atoms with Gasteiger partial charge in [-0.3, -0.25) is 9.59 Å². The minimum Gasteiger partial charge on any atom is -0.466 e. The third-order valence-corrected chi connectivity index (χ3v) is 10.7. The lowest BCUT2D eigenvalue weighted by Crippen LogP contribution is -2.29. The molecule has 374 valence electrons. The van der Waals surface area contributed by atoms with Crippen LogP contribution in [0.1, 0.15) is 207 Å². The molecule has 0 heterocycles. The molecule has 0 saturated carbocycles. The number of unbranched alkanes of at least 4 members (excludes halogenated alkanes) is 14. The van der Waals surface area contributed by atoms with Gasteiger partial charge in [-0.25, -0.2) is 0 Å². The number of hydrogen-bond donors (Lipinski definition) is 1. The number of aliphatic hydroxyl groups is 1. The van der Waals surface area contributed by atoms with Crippen molar-refractivity contribution in [2.45, 2.75) is 220 Å². The van der Waals surface area contributed by atoms with E-state index in [0.29, 0.717) is 71.9 Å². The van der Waals surface area contributed by atoms with E-state index in [0.717, 1.165) is 167 Å². The fraction of sp³-hybridized carbons (Fsp3) is 0.815. The van der Waals surface area contributed by atoms with Gasteiger partial charge in [-0.05, 0) is 142 Å². The highest BCUT2D eigenvalue weighted by molar-refractivity contribution is 5.69. The van der Waals surface area contributed by atoms with Crippen LogP contribution in [-0.4, -0.2) is 100 Å². The molecule has 0 aliphatic carbocycles. The molecule has 64 heavy (non-hydrogen) atoms. The van der Waals surface area contributed by atoms with Crippen LogP contribution in [-0.2, 0) is 38.0 Å². The van der Waals surface area contributed by atoms with E-state index >= 15 is 0 Å². The summed E-state index contributed by atoms with van der Waals surface area (Å²) < 4.78 is 35.3. The van der Waals surface area contributed by atoms with Crippen molar-refractivity contribution in [2.24, 2.45) is 0 Å². The largest absolute Gasteiger partial charge is 0.466 e. The highest BCUT2D eigenvalue weighted by atomic mass is 16.7. The number of carbonyl (C=O) groups excluding carboxylic acids is 2. The first kappa shape index (κ1) is 61.7. The zero-order valence-corrected chi connectivity index (χ0v) is 41.8. The molecule has 10 nitrogen and oxygen atoms in total. The lowest BCUT2D eigenvalue weighted by molar-refractivity contribution is -0.159. The molecule has 1 N–H and O–H groups in total. The Morgan fingerprint density at radius 2 is 0.719 bits per heavy atom. The standard InChI is InChI=1S/C54H99NO9/c1-5-9-13-17-23-33-47-61-53(62-48-34-24-18-14-10-6-2)39-37-51(57)59-45-31-27-21-29-41-55(43-44-56)42-30-22-28-32-46-60-52(58)38-40-54(63-49-35-25-19-15-11-7-3)64-50-36-26-20-16-12-8-4/h9-16,53-54,56H,5-8,17-50H2,1-4H3/b13-9-,14-10-,15-11-,16-12-. The van der Waals surface area contributed by atoms with Gasteiger partial charge >= 0.3 is 11.9 Å². The number of ether oxygens (including phenoxy) is 6. The quantitative estimate of drug-likeness (QED) is 0.0274. The molecule has 0 saturated heterocycles. The van der Waals surface area contributed by atoms with Crippen LogP contribution in [0.4, 0.5) is 0 Å². The van der Waals surface area contributed by atoms with Crippen molar-refractivity contribution in [1.82, 2.24) is 4.90 Å². The summed E-state index contributed by atoms with van der Waals surface area (Å²) in [4.78, 5) is 27.4. The lowest BCUT2D eigenvalue weighted by Gasteiger charge is -2.21. The number of esters is 2. The predicted octanol–water partition coefficient (Wildman–Crippen LogP) is 13.3. The van der Waals surface area contributed by atoms with Gasteiger partial charge < -0.3 is 38.4 Å². The molecular weight excluding hydrogens is 807 g/mol. The van der Waals surface area contributed by atoms with Crippen molar-refractivity contribution < 1.29 is 43.1 Å². The molecule has 0 aromatic rings. The summed E-state index contributed by atoms with van der Waals surface area (Å²) in [5.41, 5.74) is 0. The Hall–Kier alpha value is -2.34. The maximum atomic E-state index is 12.5. The second-order valence-corrected chi connectivity index (χ2v) is 16.8. The number of nitrogens with zero attached hydrogens (tertiary/aromatic N) is 1. The van der Waals surface area contributed by atoms with Crippen molar-refractivity contribution in [2.75, 3.05) is 65.9 Å². The van der Waals surface area contributed by atoms with Crippen LogP contribution in [0.5, 0.6) is 0 Å². The van der Waals surface area contributed by atoms with E-state index in [-0.39, 0.29) is 31.1 Å². The summed E-state index contributed by atoms with van der Waals surface area (Å²) in [7, 11) is 0. The topological polar surface area (TPSA) is 113 Å². The number of aliphatic hydroxyl groups excluding tert-OH is 1. The Morgan fingerprint density at radius 1 is 0.406 bits per heavy atom. The molecule has 0 unspecified atom stereocenters. The van der Waals surface area contributed by atoms with Gasteiger partial charge in [0.2, 0.25) is 0 Å². The molecule has 0 rings (SSSR count). The zero-order chi connectivity index (χ0) is 46.7. The summed E-state index contributed by atoms with van der Waals surface area (Å²) in [5.74, 6) is -0.374. The molecule has 0 aliphatic heterocycles. The molecule has 10 heteroatoms. The van der Waals surface area contributed by atoms with Gasteiger partial charge in [0.1, 0.15) is 0 Å². The third-order valence-electron chi connectivity index (χ3n) is 10.7. The third kappa shape index (κ3) is 46.2. The van der Waals surface area contributed by atoms with Crippen LogP contribution in [0.15, 0.2) is 48.6 Å². The number of hydrogen-bond acceptors (Lipinski definition) is 10. The normalized spacial score (nSPS) is 12.2. The minimum absolute atomic E-state index is 0.153. The molecule has 0 spiro atoms. The summed E-state index contributed by atoms with van der Waals surface area (Å²) in [6, 6.07) is 0. The SMILES string of the molecule is CC/C=C\CCCCOC(CCC(=O)OCCCCCCN(CCO)CCCCCCOC(=O)CCC(OCCCC/C=C\CC)OCCCC/C=C\CC)OCCCC/C=C\CC. The van der Waals surface area contributed by atoms with Crippen LogP contribution >= 0.6 is 0 Å². The van der Waals surface area contributed by atoms with Gasteiger partial charge in [-0.15, -0.1) is 0 Å². The van der Waals surface area contributed by atoms with Gasteiger partial charge in [0.25, 0.3) is 0 Å². The Labute approximate surface area is 393 Å². The van der Waals surface area contributed by atoms with Gasteiger partial charge in [0.15, 0.2) is 12.6 Å². The molecule has 0 bridgehead atoms. The van der Waals surface area contributed by atoms with E-state index < -0.39 is 0 Å². The Bertz CT molecular complexity index is 980. The molecule has 0 aliphatic rings. The zero-order valence-electron chi connectivity index (χ0n) is 41.8. The average Bonchev–Trinajstić information content (AvgIpc) is 3.29. The van der Waals surface area contributed by atoms with E-state index in [4.69, 9.17) is 28.4 Å². The molecular formula is C54H99NO9. The minimum atomic E-state index is -0.372. The van der Waals surface area contributed by atoms with Gasteiger partial charge in [0.05, 0.1) is 32.7 Å². The molecule has 0 aromatic carbocycles. The number of rotatable bonds is 50. The van der Waals surface area contributed by atoms with Crippen molar-refractivity contribution in [3.63, 3.8) is 0 Å². The summed E-state index contributed by atoms with van der Waals surface area (Å²) >= 11 is 0. The van der Waals surface area contributed by atoms with Crippen LogP contribution in [0.25, 0.3) is 0 Å². The average molecular weight is 906 g/mol. The van der Waals surface area contributed by atoms with Crippen LogP contribution < -0.4 is 0 Å². The monoisotopic (exact) mass is 906 g/mol. The highest BCUT2D eigenvalue weighted by Crippen LogP contribution is 2.13. The molecule has 0 radical (unpaired) electrons. The first-order valence-corrected chi connectivity index (χ1v) is 26.2. The predicted molar refractivity (Wildman–Crippen MR) is 265 cm³/mol. The molecule has 0 amide bonds. The fourth-order valence-corrected chi connectivity index (χ4v) is 6.93. The lowest BCUT2D eigenvalue weighted by atomic mass is 10.1. The molecule has 0 fully saturated rings. The van der Waals surface area contributed by atoms with Crippen molar-refractivity contribution in [3.05, 3.63) is 48.6 Å². The summed E-state index contributed by atoms with van der Waals surface area (Å²) in [6.07, 6.45) is 43.3. The van der Waals surface area contributed by atoms with Crippen molar-refractivity contribution >= 4 is 11.9 Å². The molecule has 0 atom stereocenters. The maximum Gasteiger partial charge on any atom is 0.305 e. The van der Waals surface area contributed by atoms with E-state index in [2.05, 4.69) is 81.2 Å². The van der Waals surface area contributed by atoms with Gasteiger partial charge in [-0.2, -0.15) is 0 Å². The van der Waals surface area contributed by atoms with Gasteiger partial charge in [-0.1, -0.05) is 102 Å². The Morgan fingerprint density at radius 3 is 1.03 bits per heavy atom. The molecule has 0 aromatic heterocycles. The smallest absolute Gasteiger partial charge is 0.305 e. The van der Waals surface area contributed by atoms with E-state index in [9.17, 15) is 14.7 Å². The maximum absolute atomic E-state index is 12.5. The first-order valence-electron chi connectivity index (χ1n) is 26.2. The second-order valence-electron chi connectivity index (χ2n) is 16.8. The Kier molecular flexibility index (Phi) is 49.8. The van der Waals surface area contributed by atoms with Crippen LogP contribution in [0.2, 0.25) is 0 Å². The number of allylic oxidation sites excluding steroid dienone is 8. The number of carbonyl (C=O) groups is 2. The van der Waals surface area contributed by atoms with E-state index in [1.54, 1.807) is 0 Å². The fourth-order valence-electron chi connectivity index (χ4n) is 6.93. The summed E-state index contributed by atoms with van der Waals surface area (Å²) in [6.45, 7) is 14.8. The highest BCUT2D eigenvalue weighted by Gasteiger charge is 2.15. The van der Waals surface area contributed by atoms with Crippen molar-refractivity contribution in [3.8, 4) is 0 Å². The van der Waals surface area contributed by atoms with Crippen LogP contribution in [0.3, 0.4) is 0 Å². The second kappa shape index (κ2) is 51.6. The summed E-state index contributed by atoms with van der Waals surface area (Å²) in [5, 5.41) is 9.62. The van der Waals surface area contributed by atoms with E-state index in [1.165, 1.54) is 0 Å². The van der Waals surface area contributed by atoms with E-state index in [1.807, 2.05) is 0 Å². The van der Waals surface area contributed by atoms with Crippen molar-refractivity contribution in [1.29, 1.82) is 0 Å².